The Balaban J connectivity index is 1.51. The van der Waals surface area contributed by atoms with Gasteiger partial charge in [-0.25, -0.2) is 0 Å². The molecule has 3 heterocycles. The SMILES string of the molecule is OCC1CCN(Cc2cc(CN3CCC(CO)C3)c(O)c(CN3CCC(CO)C3)c2)C1. The van der Waals surface area contributed by atoms with Crippen molar-refractivity contribution in [2.75, 3.05) is 59.1 Å². The van der Waals surface area contributed by atoms with Crippen LogP contribution in [0.25, 0.3) is 0 Å². The number of hydrogen-bond acceptors (Lipinski definition) is 7. The lowest BCUT2D eigenvalue weighted by atomic mass is 10.0. The summed E-state index contributed by atoms with van der Waals surface area (Å²) in [6.07, 6.45) is 3.06. The van der Waals surface area contributed by atoms with Crippen molar-refractivity contribution in [1.82, 2.24) is 14.7 Å². The molecular formula is C24H39N3O4. The third-order valence-electron chi connectivity index (χ3n) is 7.41. The predicted molar refractivity (Wildman–Crippen MR) is 120 cm³/mol. The van der Waals surface area contributed by atoms with E-state index in [9.17, 15) is 20.4 Å². The Morgan fingerprint density at radius 2 is 1.03 bits per heavy atom. The Morgan fingerprint density at radius 1 is 0.645 bits per heavy atom. The van der Waals surface area contributed by atoms with Gasteiger partial charge in [0.05, 0.1) is 0 Å². The van der Waals surface area contributed by atoms with Crippen LogP contribution < -0.4 is 0 Å². The smallest absolute Gasteiger partial charge is 0.124 e. The Labute approximate surface area is 185 Å². The van der Waals surface area contributed by atoms with E-state index in [2.05, 4.69) is 26.8 Å². The summed E-state index contributed by atoms with van der Waals surface area (Å²) in [7, 11) is 0. The maximum absolute atomic E-state index is 11.1. The normalized spacial score (nSPS) is 28.2. The van der Waals surface area contributed by atoms with Gasteiger partial charge in [0.15, 0.2) is 0 Å². The van der Waals surface area contributed by atoms with Crippen molar-refractivity contribution in [3.8, 4) is 5.75 Å². The summed E-state index contributed by atoms with van der Waals surface area (Å²) in [6.45, 7) is 8.59. The number of likely N-dealkylation sites (tertiary alicyclic amines) is 3. The Hall–Kier alpha value is -1.22. The highest BCUT2D eigenvalue weighted by Gasteiger charge is 2.27. The third-order valence-corrected chi connectivity index (χ3v) is 7.41. The summed E-state index contributed by atoms with van der Waals surface area (Å²) in [4.78, 5) is 7.06. The van der Waals surface area contributed by atoms with Crippen LogP contribution in [0.5, 0.6) is 5.75 Å². The second-order valence-corrected chi connectivity index (χ2v) is 9.98. The summed E-state index contributed by atoms with van der Waals surface area (Å²) < 4.78 is 0. The van der Waals surface area contributed by atoms with Crippen LogP contribution in [0.2, 0.25) is 0 Å². The lowest BCUT2D eigenvalue weighted by molar-refractivity contribution is 0.218. The molecule has 3 fully saturated rings. The van der Waals surface area contributed by atoms with Crippen molar-refractivity contribution in [1.29, 1.82) is 0 Å². The zero-order chi connectivity index (χ0) is 21.8. The van der Waals surface area contributed by atoms with E-state index in [1.165, 1.54) is 5.56 Å². The molecule has 1 aromatic carbocycles. The summed E-state index contributed by atoms with van der Waals surface area (Å²) in [5.74, 6) is 1.45. The highest BCUT2D eigenvalue weighted by Crippen LogP contribution is 2.31. The van der Waals surface area contributed by atoms with Gasteiger partial charge in [-0.05, 0) is 74.3 Å². The molecule has 0 bridgehead atoms. The van der Waals surface area contributed by atoms with Crippen molar-refractivity contribution in [3.05, 3.63) is 28.8 Å². The van der Waals surface area contributed by atoms with Gasteiger partial charge in [0, 0.05) is 70.2 Å². The molecule has 0 aliphatic carbocycles. The molecule has 31 heavy (non-hydrogen) atoms. The number of hydrogen-bond donors (Lipinski definition) is 4. The minimum absolute atomic E-state index is 0.232. The van der Waals surface area contributed by atoms with E-state index < -0.39 is 0 Å². The summed E-state index contributed by atoms with van der Waals surface area (Å²) in [6, 6.07) is 4.30. The Kier molecular flexibility index (Phi) is 7.85. The van der Waals surface area contributed by atoms with Crippen molar-refractivity contribution >= 4 is 0 Å². The summed E-state index contributed by atoms with van der Waals surface area (Å²) in [5, 5.41) is 39.5. The molecule has 7 heteroatoms. The zero-order valence-corrected chi connectivity index (χ0v) is 18.6. The molecule has 7 nitrogen and oxygen atoms in total. The van der Waals surface area contributed by atoms with Crippen molar-refractivity contribution in [3.63, 3.8) is 0 Å². The molecule has 3 unspecified atom stereocenters. The van der Waals surface area contributed by atoms with Crippen LogP contribution in [-0.2, 0) is 19.6 Å². The molecule has 4 N–H and O–H groups in total. The average Bonchev–Trinajstić information content (AvgIpc) is 3.52. The van der Waals surface area contributed by atoms with Crippen LogP contribution in [0.4, 0.5) is 0 Å². The van der Waals surface area contributed by atoms with Gasteiger partial charge < -0.3 is 20.4 Å². The van der Waals surface area contributed by atoms with E-state index in [0.29, 0.717) is 36.6 Å². The van der Waals surface area contributed by atoms with E-state index in [1.54, 1.807) is 0 Å². The molecule has 1 aromatic rings. The van der Waals surface area contributed by atoms with Crippen LogP contribution in [0.1, 0.15) is 36.0 Å². The van der Waals surface area contributed by atoms with Gasteiger partial charge in [-0.2, -0.15) is 0 Å². The van der Waals surface area contributed by atoms with Crippen LogP contribution in [0.3, 0.4) is 0 Å². The van der Waals surface area contributed by atoms with Crippen LogP contribution >= 0.6 is 0 Å². The number of phenols is 1. The van der Waals surface area contributed by atoms with Gasteiger partial charge >= 0.3 is 0 Å². The number of benzene rings is 1. The second kappa shape index (κ2) is 10.6. The average molecular weight is 434 g/mol. The number of aliphatic hydroxyl groups is 3. The van der Waals surface area contributed by atoms with Crippen LogP contribution in [0.15, 0.2) is 12.1 Å². The summed E-state index contributed by atoms with van der Waals surface area (Å²) >= 11 is 0. The molecule has 174 valence electrons. The second-order valence-electron chi connectivity index (χ2n) is 9.98. The van der Waals surface area contributed by atoms with Crippen molar-refractivity contribution in [2.24, 2.45) is 17.8 Å². The minimum atomic E-state index is 0.232. The first-order chi connectivity index (χ1) is 15.1. The minimum Gasteiger partial charge on any atom is -0.507 e. The molecule has 3 atom stereocenters. The number of aromatic hydroxyl groups is 1. The first-order valence-electron chi connectivity index (χ1n) is 11.9. The van der Waals surface area contributed by atoms with Gasteiger partial charge in [0.25, 0.3) is 0 Å². The molecule has 3 aliphatic heterocycles. The number of phenolic OH excluding ortho intramolecular Hbond substituents is 1. The maximum atomic E-state index is 11.1. The molecule has 0 amide bonds. The highest BCUT2D eigenvalue weighted by atomic mass is 16.3. The Bertz CT molecular complexity index is 686. The monoisotopic (exact) mass is 433 g/mol. The first-order valence-corrected chi connectivity index (χ1v) is 11.9. The zero-order valence-electron chi connectivity index (χ0n) is 18.6. The molecule has 3 aliphatic rings. The van der Waals surface area contributed by atoms with Gasteiger partial charge in [0.2, 0.25) is 0 Å². The number of nitrogens with zero attached hydrogens (tertiary/aromatic N) is 3. The fourth-order valence-corrected chi connectivity index (χ4v) is 5.52. The molecule has 4 rings (SSSR count). The van der Waals surface area contributed by atoms with Crippen LogP contribution in [-0.4, -0.2) is 94.2 Å². The van der Waals surface area contributed by atoms with Crippen molar-refractivity contribution < 1.29 is 20.4 Å². The fourth-order valence-electron chi connectivity index (χ4n) is 5.52. The molecular weight excluding hydrogens is 394 g/mol. The molecule has 0 saturated carbocycles. The van der Waals surface area contributed by atoms with E-state index in [-0.39, 0.29) is 19.8 Å². The summed E-state index contributed by atoms with van der Waals surface area (Å²) in [5.41, 5.74) is 3.17. The number of aliphatic hydroxyl groups excluding tert-OH is 3. The lowest BCUT2D eigenvalue weighted by Gasteiger charge is -2.23. The molecule has 0 radical (unpaired) electrons. The topological polar surface area (TPSA) is 90.6 Å². The van der Waals surface area contributed by atoms with Gasteiger partial charge in [-0.1, -0.05) is 0 Å². The van der Waals surface area contributed by atoms with Gasteiger partial charge in [-0.15, -0.1) is 0 Å². The van der Waals surface area contributed by atoms with Crippen molar-refractivity contribution in [2.45, 2.75) is 38.9 Å². The fraction of sp³-hybridized carbons (Fsp3) is 0.750. The highest BCUT2D eigenvalue weighted by molar-refractivity contribution is 5.44. The molecule has 0 aromatic heterocycles. The largest absolute Gasteiger partial charge is 0.507 e. The van der Waals surface area contributed by atoms with Gasteiger partial charge in [0.1, 0.15) is 5.75 Å². The Morgan fingerprint density at radius 3 is 1.39 bits per heavy atom. The maximum Gasteiger partial charge on any atom is 0.124 e. The van der Waals surface area contributed by atoms with E-state index in [0.717, 1.165) is 76.2 Å². The van der Waals surface area contributed by atoms with E-state index in [4.69, 9.17) is 0 Å². The van der Waals surface area contributed by atoms with Crippen LogP contribution in [0, 0.1) is 17.8 Å². The first kappa shape index (κ1) is 23.0. The van der Waals surface area contributed by atoms with Gasteiger partial charge in [-0.3, -0.25) is 14.7 Å². The standard InChI is InChI=1S/C24H39N3O4/c28-15-18-1-4-25(9-18)12-21-7-22(13-26-5-2-19(10-26)16-29)24(31)23(8-21)14-27-6-3-20(11-27)17-30/h7-8,18-20,28-31H,1-6,9-17H2. The number of rotatable bonds is 9. The lowest BCUT2D eigenvalue weighted by Crippen LogP contribution is -2.24. The molecule has 3 saturated heterocycles. The van der Waals surface area contributed by atoms with E-state index >= 15 is 0 Å². The third kappa shape index (κ3) is 5.78. The quantitative estimate of drug-likeness (QED) is 0.459. The predicted octanol–water partition coefficient (Wildman–Crippen LogP) is 0.835. The molecule has 0 spiro atoms. The van der Waals surface area contributed by atoms with E-state index in [1.807, 2.05) is 0 Å².